The van der Waals surface area contributed by atoms with E-state index in [4.69, 9.17) is 9.52 Å². The Labute approximate surface area is 152 Å². The first-order valence-corrected chi connectivity index (χ1v) is 8.87. The molecule has 6 heteroatoms. The summed E-state index contributed by atoms with van der Waals surface area (Å²) >= 11 is 0. The lowest BCUT2D eigenvalue weighted by Crippen LogP contribution is -2.28. The molecule has 136 valence electrons. The average Bonchev–Trinajstić information content (AvgIpc) is 2.64. The molecule has 1 aromatic rings. The van der Waals surface area contributed by atoms with E-state index in [0.29, 0.717) is 12.3 Å². The molecule has 1 aromatic carbocycles. The van der Waals surface area contributed by atoms with E-state index >= 15 is 0 Å². The van der Waals surface area contributed by atoms with Crippen LogP contribution >= 0.6 is 0 Å². The van der Waals surface area contributed by atoms with Crippen molar-refractivity contribution in [3.05, 3.63) is 41.8 Å². The average molecular weight is 354 g/mol. The summed E-state index contributed by atoms with van der Waals surface area (Å²) in [7, 11) is 1.87. The third-order valence-electron chi connectivity index (χ3n) is 4.58. The molecule has 0 unspecified atom stereocenters. The summed E-state index contributed by atoms with van der Waals surface area (Å²) in [6.45, 7) is 6.56. The Kier molecular flexibility index (Phi) is 5.21. The minimum absolute atomic E-state index is 0.0921. The number of aromatic nitrogens is 1. The fourth-order valence-corrected chi connectivity index (χ4v) is 3.02. The maximum atomic E-state index is 10.8. The fourth-order valence-electron chi connectivity index (χ4n) is 3.02. The Morgan fingerprint density at radius 1 is 1.19 bits per heavy atom. The predicted octanol–water partition coefficient (Wildman–Crippen LogP) is 2.66. The van der Waals surface area contributed by atoms with Crippen molar-refractivity contribution in [2.45, 2.75) is 20.3 Å². The number of fused-ring (bicyclic) bond motifs is 2. The lowest BCUT2D eigenvalue weighted by Gasteiger charge is -2.21. The van der Waals surface area contributed by atoms with Crippen LogP contribution in [0.15, 0.2) is 40.8 Å². The molecule has 1 aliphatic carbocycles. The molecule has 0 saturated carbocycles. The van der Waals surface area contributed by atoms with Gasteiger partial charge in [-0.25, -0.2) is 9.56 Å². The Balaban J connectivity index is 2.08. The SMILES string of the molecule is CCN(CC)c1ccc2nc3ccc(=[N+](C)CCC(=O)O)cc-3oc2c1. The van der Waals surface area contributed by atoms with Crippen molar-refractivity contribution in [2.24, 2.45) is 0 Å². The topological polar surface area (TPSA) is 69.6 Å². The molecule has 0 atom stereocenters. The Bertz CT molecular complexity index is 974. The van der Waals surface area contributed by atoms with E-state index in [1.165, 1.54) is 0 Å². The maximum Gasteiger partial charge on any atom is 0.309 e. The summed E-state index contributed by atoms with van der Waals surface area (Å²) in [6, 6.07) is 11.8. The molecule has 26 heavy (non-hydrogen) atoms. The van der Waals surface area contributed by atoms with Gasteiger partial charge in [0.1, 0.15) is 24.7 Å². The normalized spacial score (nSPS) is 12.4. The number of carboxylic acids is 1. The minimum atomic E-state index is -0.807. The van der Waals surface area contributed by atoms with E-state index in [9.17, 15) is 4.79 Å². The minimum Gasteiger partial charge on any atom is -0.481 e. The summed E-state index contributed by atoms with van der Waals surface area (Å²) in [6.07, 6.45) is 0.0921. The number of hydrogen-bond donors (Lipinski definition) is 1. The van der Waals surface area contributed by atoms with E-state index in [-0.39, 0.29) is 6.42 Å². The Morgan fingerprint density at radius 3 is 2.65 bits per heavy atom. The van der Waals surface area contributed by atoms with Gasteiger partial charge in [0.2, 0.25) is 5.36 Å². The molecule has 0 amide bonds. The summed E-state index contributed by atoms with van der Waals surface area (Å²) in [5.41, 5.74) is 3.46. The first-order valence-electron chi connectivity index (χ1n) is 8.87. The summed E-state index contributed by atoms with van der Waals surface area (Å²) in [5, 5.41) is 9.76. The maximum absolute atomic E-state index is 10.8. The molecule has 0 spiro atoms. The van der Waals surface area contributed by atoms with Crippen molar-refractivity contribution in [1.29, 1.82) is 0 Å². The van der Waals surface area contributed by atoms with Gasteiger partial charge in [-0.3, -0.25) is 4.79 Å². The van der Waals surface area contributed by atoms with Gasteiger partial charge >= 0.3 is 5.97 Å². The summed E-state index contributed by atoms with van der Waals surface area (Å²) in [4.78, 5) is 17.7. The van der Waals surface area contributed by atoms with Crippen molar-refractivity contribution in [3.63, 3.8) is 0 Å². The van der Waals surface area contributed by atoms with Crippen LogP contribution in [0.3, 0.4) is 0 Å². The second-order valence-corrected chi connectivity index (χ2v) is 6.26. The highest BCUT2D eigenvalue weighted by molar-refractivity contribution is 5.80. The largest absolute Gasteiger partial charge is 0.481 e. The molecule has 0 fully saturated rings. The van der Waals surface area contributed by atoms with Crippen molar-refractivity contribution in [2.75, 3.05) is 31.6 Å². The van der Waals surface area contributed by atoms with Crippen LogP contribution in [-0.4, -0.2) is 42.7 Å². The monoisotopic (exact) mass is 354 g/mol. The van der Waals surface area contributed by atoms with Crippen molar-refractivity contribution in [1.82, 2.24) is 9.56 Å². The first-order chi connectivity index (χ1) is 12.5. The molecule has 1 aliphatic heterocycles. The quantitative estimate of drug-likeness (QED) is 0.544. The second kappa shape index (κ2) is 7.56. The van der Waals surface area contributed by atoms with Gasteiger partial charge in [-0.15, -0.1) is 0 Å². The van der Waals surface area contributed by atoms with Crippen molar-refractivity contribution < 1.29 is 14.3 Å². The lowest BCUT2D eigenvalue weighted by atomic mass is 10.2. The molecule has 0 bridgehead atoms. The highest BCUT2D eigenvalue weighted by Gasteiger charge is 2.13. The molecule has 2 aliphatic rings. The zero-order valence-electron chi connectivity index (χ0n) is 15.4. The third kappa shape index (κ3) is 3.69. The highest BCUT2D eigenvalue weighted by atomic mass is 16.4. The van der Waals surface area contributed by atoms with Crippen LogP contribution in [-0.2, 0) is 4.79 Å². The Hall–Kier alpha value is -2.89. The molecule has 1 heterocycles. The van der Waals surface area contributed by atoms with Gasteiger partial charge in [-0.1, -0.05) is 0 Å². The third-order valence-corrected chi connectivity index (χ3v) is 4.58. The van der Waals surface area contributed by atoms with E-state index in [2.05, 4.69) is 29.8 Å². The van der Waals surface area contributed by atoms with Gasteiger partial charge in [0.15, 0.2) is 17.9 Å². The van der Waals surface area contributed by atoms with E-state index in [0.717, 1.165) is 40.9 Å². The second-order valence-electron chi connectivity index (χ2n) is 6.26. The zero-order valence-corrected chi connectivity index (χ0v) is 15.4. The number of carbonyl (C=O) groups is 1. The van der Waals surface area contributed by atoms with Crippen molar-refractivity contribution >= 4 is 22.8 Å². The molecule has 3 rings (SSSR count). The van der Waals surface area contributed by atoms with E-state index in [1.807, 2.05) is 42.0 Å². The zero-order chi connectivity index (χ0) is 18.7. The van der Waals surface area contributed by atoms with Gasteiger partial charge < -0.3 is 14.4 Å². The van der Waals surface area contributed by atoms with Crippen LogP contribution < -0.4 is 14.8 Å². The first kappa shape index (κ1) is 17.9. The van der Waals surface area contributed by atoms with Gasteiger partial charge in [0.05, 0.1) is 6.07 Å². The molecule has 0 aromatic heterocycles. The molecule has 0 radical (unpaired) electrons. The fraction of sp³-hybridized carbons (Fsp3) is 0.350. The number of rotatable bonds is 6. The molecule has 1 N–H and O–H groups in total. The molecular weight excluding hydrogens is 330 g/mol. The molecule has 0 saturated heterocycles. The van der Waals surface area contributed by atoms with Gasteiger partial charge in [-0.2, -0.15) is 0 Å². The van der Waals surface area contributed by atoms with Crippen LogP contribution in [0.2, 0.25) is 0 Å². The van der Waals surface area contributed by atoms with Crippen LogP contribution in [0.25, 0.3) is 22.6 Å². The van der Waals surface area contributed by atoms with Crippen molar-refractivity contribution in [3.8, 4) is 11.5 Å². The highest BCUT2D eigenvalue weighted by Crippen LogP contribution is 2.26. The lowest BCUT2D eigenvalue weighted by molar-refractivity contribution is -0.136. The summed E-state index contributed by atoms with van der Waals surface area (Å²) < 4.78 is 8.01. The standard InChI is InChI=1S/C20H23N3O3/c1-4-23(5-2)15-7-9-17-19(13-15)26-18-12-14(6-8-16(18)21-17)22(3)11-10-20(24)25/h6-9,12-13H,4-5,10-11H2,1-3H3/p+1. The van der Waals surface area contributed by atoms with Crippen LogP contribution in [0, 0.1) is 0 Å². The van der Waals surface area contributed by atoms with Crippen LogP contribution in [0.5, 0.6) is 0 Å². The number of carboxylic acid groups (broad SMARTS) is 1. The van der Waals surface area contributed by atoms with E-state index < -0.39 is 5.97 Å². The van der Waals surface area contributed by atoms with Crippen LogP contribution in [0.1, 0.15) is 20.3 Å². The summed E-state index contributed by atoms with van der Waals surface area (Å²) in [5.74, 6) is -0.118. The van der Waals surface area contributed by atoms with Gasteiger partial charge in [0.25, 0.3) is 0 Å². The molecule has 6 nitrogen and oxygen atoms in total. The van der Waals surface area contributed by atoms with Crippen LogP contribution in [0.4, 0.5) is 5.69 Å². The number of aliphatic carboxylic acids is 1. The van der Waals surface area contributed by atoms with Gasteiger partial charge in [-0.05, 0) is 32.0 Å². The Morgan fingerprint density at radius 2 is 1.96 bits per heavy atom. The number of nitrogens with zero attached hydrogens (tertiary/aromatic N) is 3. The molecular formula is C20H24N3O3+. The smallest absolute Gasteiger partial charge is 0.309 e. The number of benzene rings is 2. The predicted molar refractivity (Wildman–Crippen MR) is 103 cm³/mol. The number of anilines is 1. The van der Waals surface area contributed by atoms with Gasteiger partial charge in [0, 0.05) is 30.9 Å². The number of hydrogen-bond acceptors (Lipinski definition) is 4. The van der Waals surface area contributed by atoms with E-state index in [1.54, 1.807) is 0 Å².